The van der Waals surface area contributed by atoms with Crippen LogP contribution in [0, 0.1) is 0 Å². The number of nitrogens with zero attached hydrogens (tertiary/aromatic N) is 1. The zero-order chi connectivity index (χ0) is 7.82. The molecule has 0 rings (SSSR count). The third-order valence-corrected chi connectivity index (χ3v) is 1.20. The van der Waals surface area contributed by atoms with Gasteiger partial charge in [-0.15, -0.1) is 13.2 Å². The molecule has 0 aliphatic carbocycles. The highest BCUT2D eigenvalue weighted by molar-refractivity contribution is 4.79. The molecule has 0 unspecified atom stereocenters. The summed E-state index contributed by atoms with van der Waals surface area (Å²) in [5.74, 6) is 0. The van der Waals surface area contributed by atoms with E-state index in [0.29, 0.717) is 6.54 Å². The van der Waals surface area contributed by atoms with Crippen molar-refractivity contribution in [1.82, 2.24) is 10.6 Å². The SMILES string of the molecule is C=CCN(CC=C)CC[NH]. The van der Waals surface area contributed by atoms with Gasteiger partial charge in [0, 0.05) is 26.2 Å². The molecule has 10 heavy (non-hydrogen) atoms. The minimum Gasteiger partial charge on any atom is -0.295 e. The van der Waals surface area contributed by atoms with E-state index in [4.69, 9.17) is 5.73 Å². The van der Waals surface area contributed by atoms with Crippen LogP contribution in [0.4, 0.5) is 0 Å². The lowest BCUT2D eigenvalue weighted by Crippen LogP contribution is -2.27. The zero-order valence-electron chi connectivity index (χ0n) is 6.34. The largest absolute Gasteiger partial charge is 0.295 e. The number of nitrogens with one attached hydrogen (secondary N) is 1. The quantitative estimate of drug-likeness (QED) is 0.503. The van der Waals surface area contributed by atoms with E-state index in [0.717, 1.165) is 19.6 Å². The summed E-state index contributed by atoms with van der Waals surface area (Å²) in [6.07, 6.45) is 3.69. The molecule has 0 saturated carbocycles. The van der Waals surface area contributed by atoms with E-state index in [1.807, 2.05) is 12.2 Å². The van der Waals surface area contributed by atoms with Crippen LogP contribution in [0.25, 0.3) is 0 Å². The van der Waals surface area contributed by atoms with E-state index in [1.165, 1.54) is 0 Å². The zero-order valence-corrected chi connectivity index (χ0v) is 6.34. The van der Waals surface area contributed by atoms with Gasteiger partial charge in [-0.1, -0.05) is 12.2 Å². The maximum Gasteiger partial charge on any atom is 0.0228 e. The van der Waals surface area contributed by atoms with Crippen LogP contribution in [0.3, 0.4) is 0 Å². The molecule has 0 fully saturated rings. The van der Waals surface area contributed by atoms with Crippen LogP contribution in [0.1, 0.15) is 0 Å². The molecular formula is C8H15N2. The summed E-state index contributed by atoms with van der Waals surface area (Å²) >= 11 is 0. The molecule has 0 aliphatic rings. The summed E-state index contributed by atoms with van der Waals surface area (Å²) in [5.41, 5.74) is 6.98. The third-order valence-electron chi connectivity index (χ3n) is 1.20. The fraction of sp³-hybridized carbons (Fsp3) is 0.500. The van der Waals surface area contributed by atoms with Crippen LogP contribution < -0.4 is 5.73 Å². The standard InChI is InChI=1S/C8H15N2/c1-3-6-10(7-4-2)8-5-9/h3-4,9H,1-2,5-8H2. The number of hydrogen-bond acceptors (Lipinski definition) is 1. The predicted octanol–water partition coefficient (Wildman–Crippen LogP) is 0.943. The molecule has 0 aromatic heterocycles. The average molecular weight is 139 g/mol. The molecule has 0 atom stereocenters. The average Bonchev–Trinajstić information content (AvgIpc) is 1.90. The highest BCUT2D eigenvalue weighted by Gasteiger charge is 1.96. The van der Waals surface area contributed by atoms with Crippen molar-refractivity contribution in [1.29, 1.82) is 0 Å². The summed E-state index contributed by atoms with van der Waals surface area (Å²) in [7, 11) is 0. The summed E-state index contributed by atoms with van der Waals surface area (Å²) in [6.45, 7) is 10.2. The van der Waals surface area contributed by atoms with Gasteiger partial charge in [-0.2, -0.15) is 0 Å². The molecule has 0 bridgehead atoms. The van der Waals surface area contributed by atoms with E-state index < -0.39 is 0 Å². The molecule has 1 N–H and O–H groups in total. The Morgan fingerprint density at radius 3 is 2.00 bits per heavy atom. The minimum atomic E-state index is 0.446. The monoisotopic (exact) mass is 139 g/mol. The van der Waals surface area contributed by atoms with Gasteiger partial charge in [0.25, 0.3) is 0 Å². The molecule has 0 aliphatic heterocycles. The van der Waals surface area contributed by atoms with Gasteiger partial charge in [0.1, 0.15) is 0 Å². The van der Waals surface area contributed by atoms with E-state index in [1.54, 1.807) is 0 Å². The molecule has 2 nitrogen and oxygen atoms in total. The van der Waals surface area contributed by atoms with E-state index >= 15 is 0 Å². The predicted molar refractivity (Wildman–Crippen MR) is 44.8 cm³/mol. The highest BCUT2D eigenvalue weighted by Crippen LogP contribution is 1.86. The fourth-order valence-corrected chi connectivity index (χ4v) is 0.780. The van der Waals surface area contributed by atoms with E-state index in [9.17, 15) is 0 Å². The Bertz CT molecular complexity index is 89.4. The molecule has 0 aromatic rings. The van der Waals surface area contributed by atoms with Gasteiger partial charge < -0.3 is 0 Å². The maximum atomic E-state index is 6.98. The van der Waals surface area contributed by atoms with Crippen LogP contribution in [-0.2, 0) is 0 Å². The Morgan fingerprint density at radius 2 is 1.70 bits per heavy atom. The van der Waals surface area contributed by atoms with Crippen LogP contribution >= 0.6 is 0 Å². The summed E-state index contributed by atoms with van der Waals surface area (Å²) in [6, 6.07) is 0. The van der Waals surface area contributed by atoms with Gasteiger partial charge in [0.15, 0.2) is 0 Å². The van der Waals surface area contributed by atoms with Gasteiger partial charge in [-0.25, -0.2) is 0 Å². The molecule has 0 heterocycles. The Labute approximate surface area is 63.0 Å². The second kappa shape index (κ2) is 6.52. The molecule has 2 heteroatoms. The second-order valence-electron chi connectivity index (χ2n) is 2.09. The van der Waals surface area contributed by atoms with Crippen molar-refractivity contribution in [3.05, 3.63) is 25.3 Å². The van der Waals surface area contributed by atoms with Gasteiger partial charge in [0.05, 0.1) is 0 Å². The van der Waals surface area contributed by atoms with Gasteiger partial charge in [0.2, 0.25) is 0 Å². The molecule has 0 amide bonds. The third kappa shape index (κ3) is 4.30. The Morgan fingerprint density at radius 1 is 1.20 bits per heavy atom. The number of hydrogen-bond donors (Lipinski definition) is 0. The van der Waals surface area contributed by atoms with Crippen molar-refractivity contribution in [2.75, 3.05) is 26.2 Å². The lowest BCUT2D eigenvalue weighted by Gasteiger charge is -2.16. The molecule has 0 aromatic carbocycles. The lowest BCUT2D eigenvalue weighted by atomic mass is 10.4. The number of rotatable bonds is 6. The molecule has 0 spiro atoms. The second-order valence-corrected chi connectivity index (χ2v) is 2.09. The lowest BCUT2D eigenvalue weighted by molar-refractivity contribution is 0.343. The van der Waals surface area contributed by atoms with Crippen molar-refractivity contribution >= 4 is 0 Å². The summed E-state index contributed by atoms with van der Waals surface area (Å²) in [5, 5.41) is 0. The Hall–Kier alpha value is -0.600. The topological polar surface area (TPSA) is 27.0 Å². The van der Waals surface area contributed by atoms with Crippen molar-refractivity contribution in [2.45, 2.75) is 0 Å². The summed E-state index contributed by atoms with van der Waals surface area (Å²) < 4.78 is 0. The first-order valence-electron chi connectivity index (χ1n) is 3.44. The normalized spacial score (nSPS) is 9.80. The first-order chi connectivity index (χ1) is 4.85. The smallest absolute Gasteiger partial charge is 0.0228 e. The Balaban J connectivity index is 3.48. The molecule has 57 valence electrons. The van der Waals surface area contributed by atoms with Gasteiger partial charge in [-0.05, 0) is 0 Å². The van der Waals surface area contributed by atoms with Crippen LogP contribution in [0.15, 0.2) is 25.3 Å². The van der Waals surface area contributed by atoms with E-state index in [-0.39, 0.29) is 0 Å². The van der Waals surface area contributed by atoms with Crippen molar-refractivity contribution < 1.29 is 0 Å². The molecular weight excluding hydrogens is 124 g/mol. The molecule has 0 saturated heterocycles. The van der Waals surface area contributed by atoms with Crippen molar-refractivity contribution in [3.63, 3.8) is 0 Å². The first-order valence-corrected chi connectivity index (χ1v) is 3.44. The summed E-state index contributed by atoms with van der Waals surface area (Å²) in [4.78, 5) is 2.12. The van der Waals surface area contributed by atoms with Crippen LogP contribution in [0.5, 0.6) is 0 Å². The maximum absolute atomic E-state index is 6.98. The molecule has 1 radical (unpaired) electrons. The van der Waals surface area contributed by atoms with Gasteiger partial charge >= 0.3 is 0 Å². The van der Waals surface area contributed by atoms with Crippen molar-refractivity contribution in [3.8, 4) is 0 Å². The van der Waals surface area contributed by atoms with Gasteiger partial charge in [-0.3, -0.25) is 10.6 Å². The highest BCUT2D eigenvalue weighted by atomic mass is 15.1. The fourth-order valence-electron chi connectivity index (χ4n) is 0.780. The van der Waals surface area contributed by atoms with Crippen molar-refractivity contribution in [2.24, 2.45) is 0 Å². The minimum absolute atomic E-state index is 0.446. The first kappa shape index (κ1) is 9.40. The van der Waals surface area contributed by atoms with Crippen LogP contribution in [-0.4, -0.2) is 31.1 Å². The Kier molecular flexibility index (Phi) is 6.13. The van der Waals surface area contributed by atoms with Crippen LogP contribution in [0.2, 0.25) is 0 Å². The van der Waals surface area contributed by atoms with E-state index in [2.05, 4.69) is 18.1 Å².